The summed E-state index contributed by atoms with van der Waals surface area (Å²) in [4.78, 5) is 125. The molecule has 0 spiro atoms. The van der Waals surface area contributed by atoms with Crippen molar-refractivity contribution in [2.45, 2.75) is 84.4 Å². The molecular formula is C48H47N13O10S6. The topological polar surface area (TPSA) is 343 Å². The molecule has 8 heterocycles. The van der Waals surface area contributed by atoms with Gasteiger partial charge in [-0.2, -0.15) is 0 Å². The zero-order valence-electron chi connectivity index (χ0n) is 41.6. The van der Waals surface area contributed by atoms with E-state index in [4.69, 9.17) is 15.0 Å². The van der Waals surface area contributed by atoms with Gasteiger partial charge in [0.25, 0.3) is 29.5 Å². The summed E-state index contributed by atoms with van der Waals surface area (Å²) in [6.07, 6.45) is 0.364. The second-order valence-electron chi connectivity index (χ2n) is 17.6. The molecule has 0 radical (unpaired) electrons. The van der Waals surface area contributed by atoms with Crippen molar-refractivity contribution in [3.63, 3.8) is 0 Å². The number of allylic oxidation sites excluding steroid dienone is 2. The maximum absolute atomic E-state index is 13.9. The van der Waals surface area contributed by atoms with E-state index in [1.165, 1.54) is 79.6 Å². The van der Waals surface area contributed by atoms with Crippen LogP contribution in [0.25, 0.3) is 49.1 Å². The van der Waals surface area contributed by atoms with Gasteiger partial charge in [-0.3, -0.25) is 33.6 Å². The van der Waals surface area contributed by atoms with Crippen molar-refractivity contribution in [2.24, 2.45) is 0 Å². The Bertz CT molecular complexity index is 3490. The largest absolute Gasteiger partial charge is 0.391 e. The van der Waals surface area contributed by atoms with Crippen LogP contribution in [0.15, 0.2) is 62.3 Å². The zero-order valence-corrected chi connectivity index (χ0v) is 46.5. The Morgan fingerprint density at radius 1 is 0.662 bits per heavy atom. The minimum Gasteiger partial charge on any atom is -0.391 e. The van der Waals surface area contributed by atoms with E-state index in [0.717, 1.165) is 56.7 Å². The van der Waals surface area contributed by atoms with Crippen LogP contribution in [0.5, 0.6) is 0 Å². The number of amides is 6. The summed E-state index contributed by atoms with van der Waals surface area (Å²) in [6, 6.07) is -0.270. The van der Waals surface area contributed by atoms with Crippen molar-refractivity contribution in [1.82, 2.24) is 66.8 Å². The predicted octanol–water partition coefficient (Wildman–Crippen LogP) is 4.89. The molecular weight excluding hydrogens is 1110 g/mol. The third-order valence-corrected chi connectivity index (χ3v) is 16.5. The van der Waals surface area contributed by atoms with Gasteiger partial charge in [0.1, 0.15) is 99.5 Å². The molecule has 7 aromatic heterocycles. The van der Waals surface area contributed by atoms with Crippen LogP contribution in [-0.4, -0.2) is 122 Å². The summed E-state index contributed by atoms with van der Waals surface area (Å²) in [6.45, 7) is 10.0. The first-order valence-electron chi connectivity index (χ1n) is 23.1. The monoisotopic (exact) mass is 1160 g/mol. The minimum atomic E-state index is -1.60. The summed E-state index contributed by atoms with van der Waals surface area (Å²) >= 11 is 6.64. The van der Waals surface area contributed by atoms with Crippen LogP contribution in [0.3, 0.4) is 0 Å². The summed E-state index contributed by atoms with van der Waals surface area (Å²) < 4.78 is 0. The van der Waals surface area contributed by atoms with E-state index >= 15 is 0 Å². The molecule has 0 fully saturated rings. The van der Waals surface area contributed by atoms with Crippen LogP contribution in [0, 0.1) is 0 Å². The first kappa shape index (κ1) is 56.0. The quantitative estimate of drug-likeness (QED) is 0.0823. The van der Waals surface area contributed by atoms with Gasteiger partial charge in [0.2, 0.25) is 5.91 Å². The number of pyridine rings is 1. The van der Waals surface area contributed by atoms with Crippen molar-refractivity contribution in [1.29, 1.82) is 0 Å². The van der Waals surface area contributed by atoms with Gasteiger partial charge in [-0.15, -0.1) is 68.0 Å². The second-order valence-corrected chi connectivity index (χ2v) is 22.8. The number of aromatic nitrogens is 7. The number of nitrogens with one attached hydrogen (secondary N) is 6. The van der Waals surface area contributed by atoms with Crippen LogP contribution in [0.4, 0.5) is 0 Å². The molecule has 0 saturated carbocycles. The van der Waals surface area contributed by atoms with Crippen LogP contribution < -0.4 is 31.9 Å². The number of thiazole rings is 6. The Balaban J connectivity index is 1.15. The SMILES string of the molecule is C/C=C(/NC(=O)c1csc(-c2csc(-c3ccc4c(n3)-c3csc(n3)[C@H]([C@H](C)O)NC(=O)c3csc(n3)[C@H](C(C)(C)O)NC(=O)c3csc(n3)/C(=C\C)NC(=O)[C@@H]([C@@H](C)O)NC(=O)c3csc-4n3)n2)n1)C(=O)NCC(C)=O. The molecule has 7 aromatic rings. The van der Waals surface area contributed by atoms with E-state index < -0.39 is 71.4 Å². The fourth-order valence-electron chi connectivity index (χ4n) is 7.17. The summed E-state index contributed by atoms with van der Waals surface area (Å²) in [5, 5.41) is 60.1. The minimum absolute atomic E-state index is 0.0221. The number of hydrogen-bond acceptors (Lipinski definition) is 23. The van der Waals surface area contributed by atoms with Crippen LogP contribution >= 0.6 is 68.0 Å². The highest BCUT2D eigenvalue weighted by Crippen LogP contribution is 2.38. The Labute approximate surface area is 462 Å². The molecule has 1 aliphatic rings. The highest BCUT2D eigenvalue weighted by atomic mass is 32.1. The van der Waals surface area contributed by atoms with Gasteiger partial charge < -0.3 is 47.2 Å². The number of Topliss-reactive ketones (excluding diaryl/α,β-unsaturated/α-hetero) is 1. The normalized spacial score (nSPS) is 18.1. The molecule has 23 nitrogen and oxygen atoms in total. The van der Waals surface area contributed by atoms with Gasteiger partial charge >= 0.3 is 0 Å². The van der Waals surface area contributed by atoms with Gasteiger partial charge in [0.15, 0.2) is 0 Å². The van der Waals surface area contributed by atoms with E-state index in [1.807, 2.05) is 0 Å². The van der Waals surface area contributed by atoms with Crippen molar-refractivity contribution in [3.8, 4) is 43.4 Å². The Hall–Kier alpha value is -7.22. The first-order chi connectivity index (χ1) is 36.6. The van der Waals surface area contributed by atoms with Crippen molar-refractivity contribution in [3.05, 3.63) is 100 Å². The van der Waals surface area contributed by atoms with E-state index in [9.17, 15) is 48.9 Å². The lowest BCUT2D eigenvalue weighted by Crippen LogP contribution is -2.52. The predicted molar refractivity (Wildman–Crippen MR) is 291 cm³/mol. The average Bonchev–Trinajstić information content (AvgIpc) is 4.26. The van der Waals surface area contributed by atoms with Gasteiger partial charge in [0, 0.05) is 37.8 Å². The molecule has 77 heavy (non-hydrogen) atoms. The molecule has 5 atom stereocenters. The van der Waals surface area contributed by atoms with Gasteiger partial charge in [-0.05, 0) is 60.6 Å². The highest BCUT2D eigenvalue weighted by molar-refractivity contribution is 7.15. The standard InChI is InChI=1S/C48H47N13O10S6/c1-8-23(36(65)49-12-19(3)62)51-37(66)27-15-74-45(56-27)31-18-75-44(58-31)25-11-10-22-34(50-25)26-13-76-46(53-26)33(21(5)64)60-39(68)29-17-77-47(57-29)35(48(6,7)71)61-40(69)30-16-73-43(55-30)24(9-2)52-41(70)32(20(4)63)59-38(67)28-14-72-42(22)54-28/h8-11,13-18,20-21,32-33,35,63-64,71H,12H2,1-7H3,(H,49,65)(H,51,66)(H,52,70)(H,59,67)(H,60,68)(H,61,69)/b23-8+,24-9+/t20-,21+,32-,33+,35-/m1/s1. The van der Waals surface area contributed by atoms with Crippen LogP contribution in [0.1, 0.15) is 118 Å². The first-order valence-corrected chi connectivity index (χ1v) is 28.4. The fraction of sp³-hybridized carbons (Fsp3) is 0.292. The lowest BCUT2D eigenvalue weighted by molar-refractivity contribution is -0.124. The molecule has 0 saturated heterocycles. The summed E-state index contributed by atoms with van der Waals surface area (Å²) in [5.74, 6) is -4.50. The van der Waals surface area contributed by atoms with E-state index in [0.29, 0.717) is 37.7 Å². The van der Waals surface area contributed by atoms with E-state index in [1.54, 1.807) is 36.7 Å². The Morgan fingerprint density at radius 2 is 1.21 bits per heavy atom. The third-order valence-electron chi connectivity index (χ3n) is 11.2. The number of fused-ring (bicyclic) bond motifs is 11. The van der Waals surface area contributed by atoms with Crippen molar-refractivity contribution < 1.29 is 48.9 Å². The molecule has 8 rings (SSSR count). The number of carbonyl (C=O) groups is 7. The third kappa shape index (κ3) is 12.8. The molecule has 1 aliphatic heterocycles. The number of aliphatic hydroxyl groups excluding tert-OH is 2. The zero-order chi connectivity index (χ0) is 55.5. The maximum Gasteiger partial charge on any atom is 0.275 e. The molecule has 29 heteroatoms. The molecule has 0 aromatic carbocycles. The number of hydrogen-bond donors (Lipinski definition) is 9. The molecule has 400 valence electrons. The number of aliphatic hydroxyl groups is 3. The molecule has 9 N–H and O–H groups in total. The number of rotatable bonds is 10. The van der Waals surface area contributed by atoms with Crippen molar-refractivity contribution >= 4 is 115 Å². The lowest BCUT2D eigenvalue weighted by atomic mass is 9.99. The molecule has 0 unspecified atom stereocenters. The molecule has 8 bridgehead atoms. The van der Waals surface area contributed by atoms with Crippen LogP contribution in [0.2, 0.25) is 0 Å². The highest BCUT2D eigenvalue weighted by Gasteiger charge is 2.35. The van der Waals surface area contributed by atoms with Crippen LogP contribution in [-0.2, 0) is 14.4 Å². The Morgan fingerprint density at radius 3 is 1.87 bits per heavy atom. The molecule has 0 aliphatic carbocycles. The second kappa shape index (κ2) is 23.6. The number of ketones is 1. The molecule has 6 amide bonds. The van der Waals surface area contributed by atoms with E-state index in [2.05, 4.69) is 51.8 Å². The van der Waals surface area contributed by atoms with Gasteiger partial charge in [-0.1, -0.05) is 12.2 Å². The summed E-state index contributed by atoms with van der Waals surface area (Å²) in [5.41, 5.74) is 0.133. The smallest absolute Gasteiger partial charge is 0.275 e. The van der Waals surface area contributed by atoms with Gasteiger partial charge in [-0.25, -0.2) is 34.9 Å². The van der Waals surface area contributed by atoms with E-state index in [-0.39, 0.29) is 67.2 Å². The lowest BCUT2D eigenvalue weighted by Gasteiger charge is -2.28. The van der Waals surface area contributed by atoms with Crippen molar-refractivity contribution in [2.75, 3.05) is 6.54 Å². The maximum atomic E-state index is 13.9. The summed E-state index contributed by atoms with van der Waals surface area (Å²) in [7, 11) is 0. The average molecular weight is 1160 g/mol. The number of nitrogens with zero attached hydrogens (tertiary/aromatic N) is 7. The Kier molecular flexibility index (Phi) is 17.1. The fourth-order valence-corrected chi connectivity index (χ4v) is 12.4. The number of carbonyl (C=O) groups excluding carboxylic acids is 7. The van der Waals surface area contributed by atoms with Gasteiger partial charge in [0.05, 0.1) is 35.7 Å².